The number of nitrogens with zero attached hydrogens (tertiary/aromatic N) is 1. The molecule has 154 valence electrons. The Morgan fingerprint density at radius 2 is 1.97 bits per heavy atom. The van der Waals surface area contributed by atoms with Gasteiger partial charge in [-0.15, -0.1) is 0 Å². The lowest BCUT2D eigenvalue weighted by Gasteiger charge is -2.23. The second kappa shape index (κ2) is 8.19. The van der Waals surface area contributed by atoms with Crippen molar-refractivity contribution in [1.82, 2.24) is 4.98 Å². The highest BCUT2D eigenvalue weighted by atomic mass is 35.5. The lowest BCUT2D eigenvalue weighted by molar-refractivity contribution is -0.139. The normalized spacial score (nSPS) is 15.0. The molecule has 0 saturated carbocycles. The number of pyridine rings is 1. The molecule has 7 heteroatoms. The topological polar surface area (TPSA) is 39.2 Å². The molecule has 0 amide bonds. The zero-order chi connectivity index (χ0) is 21.3. The van der Waals surface area contributed by atoms with Gasteiger partial charge in [0.1, 0.15) is 5.75 Å². The molecule has 0 N–H and O–H groups in total. The number of rotatable bonds is 5. The van der Waals surface area contributed by atoms with Gasteiger partial charge in [0.15, 0.2) is 5.78 Å². The summed E-state index contributed by atoms with van der Waals surface area (Å²) in [5.74, 6) is 0.0911. The Kier molecular flexibility index (Phi) is 6.03. The van der Waals surface area contributed by atoms with E-state index in [1.54, 1.807) is 25.1 Å². The first-order valence-corrected chi connectivity index (χ1v) is 9.63. The van der Waals surface area contributed by atoms with Crippen LogP contribution >= 0.6 is 11.6 Å². The molecule has 1 heterocycles. The zero-order valence-electron chi connectivity index (χ0n) is 16.4. The largest absolute Gasteiger partial charge is 0.491 e. The van der Waals surface area contributed by atoms with Crippen molar-refractivity contribution in [2.75, 3.05) is 6.61 Å². The molecule has 3 rings (SSSR count). The van der Waals surface area contributed by atoms with Crippen LogP contribution in [0.1, 0.15) is 52.0 Å². The second-order valence-electron chi connectivity index (χ2n) is 7.29. The zero-order valence-corrected chi connectivity index (χ0v) is 17.1. The predicted octanol–water partition coefficient (Wildman–Crippen LogP) is 6.15. The molecular formula is C22H21ClF3NO2. The molecule has 0 fully saturated rings. The van der Waals surface area contributed by atoms with Crippen molar-refractivity contribution in [3.8, 4) is 5.75 Å². The van der Waals surface area contributed by atoms with E-state index < -0.39 is 19.2 Å². The molecule has 0 bridgehead atoms. The summed E-state index contributed by atoms with van der Waals surface area (Å²) in [6.07, 6.45) is -1.66. The monoisotopic (exact) mass is 423 g/mol. The Balaban J connectivity index is 1.78. The number of hydrogen-bond acceptors (Lipinski definition) is 3. The van der Waals surface area contributed by atoms with Crippen LogP contribution in [0.2, 0.25) is 5.02 Å². The van der Waals surface area contributed by atoms with E-state index in [0.29, 0.717) is 28.3 Å². The van der Waals surface area contributed by atoms with Gasteiger partial charge in [0.2, 0.25) is 0 Å². The van der Waals surface area contributed by atoms with Gasteiger partial charge in [-0.25, -0.2) is 0 Å². The number of aromatic nitrogens is 1. The van der Waals surface area contributed by atoms with Gasteiger partial charge in [0.25, 0.3) is 0 Å². The van der Waals surface area contributed by atoms with Crippen LogP contribution < -0.4 is 4.74 Å². The molecule has 29 heavy (non-hydrogen) atoms. The van der Waals surface area contributed by atoms with Gasteiger partial charge in [0.05, 0.1) is 19.2 Å². The standard InChI is InChI=1S/C22H21ClF3NO2/c1-12-4-5-16-17(21(12)23)9-15(10-19(16)28)14(3)18-8-13(2)20(11-27-18)29-7-6-22(24,25)26/h4-5,8,10-11,14H,6-7,9H2,1-3H3. The first kappa shape index (κ1) is 21.4. The average Bonchev–Trinajstić information content (AvgIpc) is 2.64. The fourth-order valence-corrected chi connectivity index (χ4v) is 3.57. The number of ether oxygens (including phenoxy) is 1. The molecule has 0 saturated heterocycles. The third kappa shape index (κ3) is 4.81. The fourth-order valence-electron chi connectivity index (χ4n) is 3.34. The minimum absolute atomic E-state index is 0.0844. The molecule has 1 aromatic carbocycles. The highest BCUT2D eigenvalue weighted by Gasteiger charge is 2.27. The lowest BCUT2D eigenvalue weighted by atomic mass is 9.83. The second-order valence-corrected chi connectivity index (χ2v) is 7.67. The van der Waals surface area contributed by atoms with Gasteiger partial charge in [-0.05, 0) is 49.1 Å². The van der Waals surface area contributed by atoms with Gasteiger partial charge < -0.3 is 4.74 Å². The summed E-state index contributed by atoms with van der Waals surface area (Å²) in [5.41, 5.74) is 4.67. The molecule has 3 nitrogen and oxygen atoms in total. The van der Waals surface area contributed by atoms with Gasteiger partial charge >= 0.3 is 6.18 Å². The smallest absolute Gasteiger partial charge is 0.392 e. The number of carbonyl (C=O) groups excluding carboxylic acids is 1. The summed E-state index contributed by atoms with van der Waals surface area (Å²) in [7, 11) is 0. The van der Waals surface area contributed by atoms with Crippen molar-refractivity contribution in [2.45, 2.75) is 45.7 Å². The van der Waals surface area contributed by atoms with Crippen LogP contribution in [0.15, 0.2) is 36.0 Å². The fraction of sp³-hybridized carbons (Fsp3) is 0.364. The van der Waals surface area contributed by atoms with E-state index in [4.69, 9.17) is 16.3 Å². The molecule has 1 unspecified atom stereocenters. The Bertz CT molecular complexity index is 983. The molecule has 1 atom stereocenters. The van der Waals surface area contributed by atoms with Crippen LogP contribution in [-0.4, -0.2) is 23.6 Å². The summed E-state index contributed by atoms with van der Waals surface area (Å²) < 4.78 is 42.1. The quantitative estimate of drug-likeness (QED) is 0.578. The molecule has 1 aromatic heterocycles. The molecule has 1 aliphatic carbocycles. The summed E-state index contributed by atoms with van der Waals surface area (Å²) in [5, 5.41) is 0.603. The highest BCUT2D eigenvalue weighted by Crippen LogP contribution is 2.36. The van der Waals surface area contributed by atoms with Crippen LogP contribution in [-0.2, 0) is 6.42 Å². The number of carbonyl (C=O) groups is 1. The number of ketones is 1. The van der Waals surface area contributed by atoms with E-state index in [1.807, 2.05) is 19.9 Å². The van der Waals surface area contributed by atoms with Gasteiger partial charge in [-0.3, -0.25) is 9.78 Å². The van der Waals surface area contributed by atoms with Gasteiger partial charge in [-0.2, -0.15) is 13.2 Å². The van der Waals surface area contributed by atoms with Crippen LogP contribution in [0.3, 0.4) is 0 Å². The Labute approximate surface area is 172 Å². The Morgan fingerprint density at radius 1 is 1.24 bits per heavy atom. The maximum absolute atomic E-state index is 12.5. The SMILES string of the molecule is Cc1cc(C(C)C2=CC(=O)c3ccc(C)c(Cl)c3C2)ncc1OCCC(F)(F)F. The van der Waals surface area contributed by atoms with E-state index >= 15 is 0 Å². The number of halogens is 4. The predicted molar refractivity (Wildman–Crippen MR) is 106 cm³/mol. The van der Waals surface area contributed by atoms with Crippen molar-refractivity contribution in [1.29, 1.82) is 0 Å². The van der Waals surface area contributed by atoms with Crippen LogP contribution in [0.4, 0.5) is 13.2 Å². The van der Waals surface area contributed by atoms with Gasteiger partial charge in [-0.1, -0.05) is 36.2 Å². The molecule has 2 aromatic rings. The number of alkyl halides is 3. The minimum atomic E-state index is -4.26. The Morgan fingerprint density at radius 3 is 2.62 bits per heavy atom. The third-order valence-corrected chi connectivity index (χ3v) is 5.65. The van der Waals surface area contributed by atoms with E-state index in [1.165, 1.54) is 6.20 Å². The number of fused-ring (bicyclic) bond motifs is 1. The van der Waals surface area contributed by atoms with Crippen molar-refractivity contribution >= 4 is 17.4 Å². The summed E-state index contributed by atoms with van der Waals surface area (Å²) >= 11 is 6.43. The molecule has 1 aliphatic rings. The van der Waals surface area contributed by atoms with Crippen LogP contribution in [0, 0.1) is 13.8 Å². The maximum atomic E-state index is 12.5. The third-order valence-electron chi connectivity index (χ3n) is 5.13. The van der Waals surface area contributed by atoms with Crippen LogP contribution in [0.25, 0.3) is 0 Å². The molecule has 0 spiro atoms. The minimum Gasteiger partial charge on any atom is -0.491 e. The van der Waals surface area contributed by atoms with E-state index in [0.717, 1.165) is 22.4 Å². The van der Waals surface area contributed by atoms with E-state index in [-0.39, 0.29) is 11.7 Å². The lowest BCUT2D eigenvalue weighted by Crippen LogP contribution is -2.15. The highest BCUT2D eigenvalue weighted by molar-refractivity contribution is 6.33. The summed E-state index contributed by atoms with van der Waals surface area (Å²) in [4.78, 5) is 16.9. The number of allylic oxidation sites excluding steroid dienone is 2. The number of aryl methyl sites for hydroxylation is 2. The summed E-state index contributed by atoms with van der Waals surface area (Å²) in [6, 6.07) is 5.42. The van der Waals surface area contributed by atoms with Crippen molar-refractivity contribution in [2.24, 2.45) is 0 Å². The summed E-state index contributed by atoms with van der Waals surface area (Å²) in [6.45, 7) is 5.16. The number of benzene rings is 1. The first-order chi connectivity index (χ1) is 13.6. The van der Waals surface area contributed by atoms with Crippen LogP contribution in [0.5, 0.6) is 5.75 Å². The Hall–Kier alpha value is -2.34. The number of hydrogen-bond donors (Lipinski definition) is 0. The van der Waals surface area contributed by atoms with Crippen molar-refractivity contribution in [3.05, 3.63) is 69.0 Å². The molecule has 0 aliphatic heterocycles. The van der Waals surface area contributed by atoms with E-state index in [2.05, 4.69) is 4.98 Å². The maximum Gasteiger partial charge on any atom is 0.392 e. The average molecular weight is 424 g/mol. The van der Waals surface area contributed by atoms with E-state index in [9.17, 15) is 18.0 Å². The molecular weight excluding hydrogens is 403 g/mol. The van der Waals surface area contributed by atoms with Crippen molar-refractivity contribution in [3.63, 3.8) is 0 Å². The van der Waals surface area contributed by atoms with Gasteiger partial charge in [0, 0.05) is 22.2 Å². The van der Waals surface area contributed by atoms with Crippen molar-refractivity contribution < 1.29 is 22.7 Å². The molecule has 0 radical (unpaired) electrons. The first-order valence-electron chi connectivity index (χ1n) is 9.25.